The molecule has 6 heteroatoms. The Bertz CT molecular complexity index is 461. The number of amides is 3. The lowest BCUT2D eigenvalue weighted by molar-refractivity contribution is -0.139. The van der Waals surface area contributed by atoms with Crippen LogP contribution in [0.2, 0.25) is 0 Å². The number of thioether (sulfide) groups is 1. The Labute approximate surface area is 150 Å². The van der Waals surface area contributed by atoms with Crippen molar-refractivity contribution in [1.82, 2.24) is 10.2 Å². The molecule has 1 aliphatic rings. The summed E-state index contributed by atoms with van der Waals surface area (Å²) in [4.78, 5) is 37.8. The molecule has 0 radical (unpaired) electrons. The van der Waals surface area contributed by atoms with Gasteiger partial charge in [0.05, 0.1) is 5.92 Å². The molecule has 0 aromatic heterocycles. The maximum absolute atomic E-state index is 12.6. The van der Waals surface area contributed by atoms with E-state index >= 15 is 0 Å². The molecule has 3 amide bonds. The number of hydrogen-bond donors (Lipinski definition) is 1. The van der Waals surface area contributed by atoms with Gasteiger partial charge in [0.1, 0.15) is 0 Å². The van der Waals surface area contributed by atoms with E-state index < -0.39 is 0 Å². The molecule has 0 aromatic rings. The Balaban J connectivity index is 2.40. The minimum Gasteiger partial charge on any atom is -0.354 e. The predicted molar refractivity (Wildman–Crippen MR) is 98.8 cm³/mol. The Morgan fingerprint density at radius 1 is 1.33 bits per heavy atom. The molecule has 24 heavy (non-hydrogen) atoms. The normalized spacial score (nSPS) is 20.6. The van der Waals surface area contributed by atoms with Gasteiger partial charge in [-0.1, -0.05) is 13.3 Å². The quantitative estimate of drug-likeness (QED) is 0.483. The lowest BCUT2D eigenvalue weighted by Gasteiger charge is -2.31. The van der Waals surface area contributed by atoms with E-state index in [1.54, 1.807) is 11.8 Å². The Morgan fingerprint density at radius 3 is 2.54 bits per heavy atom. The van der Waals surface area contributed by atoms with Crippen molar-refractivity contribution in [3.63, 3.8) is 0 Å². The standard InChI is InChI=1S/C18H32N2O3S/c1-6-18(4,24-5)14-12-16(22)20(17(14)23)11-9-7-8-10-15(21)19-13(2)3/h13-14H,6-12H2,1-5H3,(H,19,21). The summed E-state index contributed by atoms with van der Waals surface area (Å²) in [6, 6.07) is 0.165. The first-order valence-corrected chi connectivity index (χ1v) is 10.2. The van der Waals surface area contributed by atoms with Crippen LogP contribution < -0.4 is 5.32 Å². The fourth-order valence-electron chi connectivity index (χ4n) is 3.05. The largest absolute Gasteiger partial charge is 0.354 e. The second-order valence-corrected chi connectivity index (χ2v) is 8.38. The number of imide groups is 1. The van der Waals surface area contributed by atoms with Gasteiger partial charge in [-0.05, 0) is 46.3 Å². The molecular formula is C18H32N2O3S. The third-order valence-corrected chi connectivity index (χ3v) is 6.39. The molecule has 1 saturated heterocycles. The molecule has 1 rings (SSSR count). The monoisotopic (exact) mass is 356 g/mol. The van der Waals surface area contributed by atoms with E-state index in [-0.39, 0.29) is 34.4 Å². The summed E-state index contributed by atoms with van der Waals surface area (Å²) in [6.45, 7) is 8.51. The second kappa shape index (κ2) is 9.44. The van der Waals surface area contributed by atoms with Crippen molar-refractivity contribution in [2.75, 3.05) is 12.8 Å². The van der Waals surface area contributed by atoms with Crippen molar-refractivity contribution in [2.24, 2.45) is 5.92 Å². The first kappa shape index (κ1) is 21.0. The zero-order chi connectivity index (χ0) is 18.3. The van der Waals surface area contributed by atoms with Crippen LogP contribution in [0.4, 0.5) is 0 Å². The van der Waals surface area contributed by atoms with E-state index in [0.29, 0.717) is 19.4 Å². The van der Waals surface area contributed by atoms with Gasteiger partial charge in [-0.2, -0.15) is 11.8 Å². The van der Waals surface area contributed by atoms with Gasteiger partial charge in [0.2, 0.25) is 17.7 Å². The molecule has 2 atom stereocenters. The maximum atomic E-state index is 12.6. The smallest absolute Gasteiger partial charge is 0.234 e. The van der Waals surface area contributed by atoms with Gasteiger partial charge in [-0.3, -0.25) is 19.3 Å². The Hall–Kier alpha value is -1.04. The first-order chi connectivity index (χ1) is 11.2. The van der Waals surface area contributed by atoms with E-state index in [9.17, 15) is 14.4 Å². The number of hydrogen-bond acceptors (Lipinski definition) is 4. The second-order valence-electron chi connectivity index (χ2n) is 7.04. The molecule has 0 aliphatic carbocycles. The fourth-order valence-corrected chi connectivity index (χ4v) is 3.81. The van der Waals surface area contributed by atoms with Crippen molar-refractivity contribution in [2.45, 2.75) is 77.0 Å². The number of unbranched alkanes of at least 4 members (excludes halogenated alkanes) is 2. The van der Waals surface area contributed by atoms with Gasteiger partial charge in [-0.25, -0.2) is 0 Å². The van der Waals surface area contributed by atoms with Crippen molar-refractivity contribution in [3.05, 3.63) is 0 Å². The average molecular weight is 357 g/mol. The van der Waals surface area contributed by atoms with Crippen LogP contribution in [-0.4, -0.2) is 46.2 Å². The lowest BCUT2D eigenvalue weighted by atomic mass is 9.89. The van der Waals surface area contributed by atoms with Gasteiger partial charge in [0.15, 0.2) is 0 Å². The third-order valence-electron chi connectivity index (χ3n) is 4.88. The fraction of sp³-hybridized carbons (Fsp3) is 0.833. The van der Waals surface area contributed by atoms with Crippen molar-refractivity contribution in [1.29, 1.82) is 0 Å². The predicted octanol–water partition coefficient (Wildman–Crippen LogP) is 2.98. The van der Waals surface area contributed by atoms with Crippen LogP contribution in [0.5, 0.6) is 0 Å². The van der Waals surface area contributed by atoms with Crippen molar-refractivity contribution >= 4 is 29.5 Å². The van der Waals surface area contributed by atoms with Crippen molar-refractivity contribution < 1.29 is 14.4 Å². The SMILES string of the molecule is CCC(C)(SC)C1CC(=O)N(CCCCCC(=O)NC(C)C)C1=O. The first-order valence-electron chi connectivity index (χ1n) is 8.93. The van der Waals surface area contributed by atoms with Crippen LogP contribution in [0, 0.1) is 5.92 Å². The summed E-state index contributed by atoms with van der Waals surface area (Å²) in [5.41, 5.74) is 0. The minimum absolute atomic E-state index is 0.0174. The molecule has 0 aromatic carbocycles. The summed E-state index contributed by atoms with van der Waals surface area (Å²) in [5.74, 6) is -0.202. The maximum Gasteiger partial charge on any atom is 0.234 e. The summed E-state index contributed by atoms with van der Waals surface area (Å²) in [7, 11) is 0. The molecule has 138 valence electrons. The molecule has 1 N–H and O–H groups in total. The topological polar surface area (TPSA) is 66.5 Å². The highest BCUT2D eigenvalue weighted by atomic mass is 32.2. The van der Waals surface area contributed by atoms with Crippen LogP contribution in [0.15, 0.2) is 0 Å². The molecule has 1 aliphatic heterocycles. The van der Waals surface area contributed by atoms with Crippen molar-refractivity contribution in [3.8, 4) is 0 Å². The van der Waals surface area contributed by atoms with E-state index in [2.05, 4.69) is 19.2 Å². The molecule has 0 spiro atoms. The molecule has 2 unspecified atom stereocenters. The van der Waals surface area contributed by atoms with E-state index in [0.717, 1.165) is 25.7 Å². The molecule has 1 heterocycles. The Morgan fingerprint density at radius 2 is 2.00 bits per heavy atom. The van der Waals surface area contributed by atoms with Gasteiger partial charge in [-0.15, -0.1) is 0 Å². The van der Waals surface area contributed by atoms with Gasteiger partial charge < -0.3 is 5.32 Å². The van der Waals surface area contributed by atoms with Crippen LogP contribution in [0.3, 0.4) is 0 Å². The highest BCUT2D eigenvalue weighted by Crippen LogP contribution is 2.40. The van der Waals surface area contributed by atoms with Gasteiger partial charge in [0.25, 0.3) is 0 Å². The summed E-state index contributed by atoms with van der Waals surface area (Å²) in [5, 5.41) is 2.86. The van der Waals surface area contributed by atoms with Crippen LogP contribution >= 0.6 is 11.8 Å². The number of carbonyl (C=O) groups is 3. The van der Waals surface area contributed by atoms with Crippen LogP contribution in [0.1, 0.15) is 66.2 Å². The summed E-state index contributed by atoms with van der Waals surface area (Å²) < 4.78 is -0.170. The number of nitrogens with one attached hydrogen (secondary N) is 1. The Kier molecular flexibility index (Phi) is 8.27. The third kappa shape index (κ3) is 5.50. The van der Waals surface area contributed by atoms with Crippen LogP contribution in [0.25, 0.3) is 0 Å². The lowest BCUT2D eigenvalue weighted by Crippen LogP contribution is -2.38. The molecule has 1 fully saturated rings. The van der Waals surface area contributed by atoms with E-state index in [1.807, 2.05) is 20.1 Å². The highest BCUT2D eigenvalue weighted by molar-refractivity contribution is 8.00. The zero-order valence-electron chi connectivity index (χ0n) is 15.7. The van der Waals surface area contributed by atoms with Crippen LogP contribution in [-0.2, 0) is 14.4 Å². The highest BCUT2D eigenvalue weighted by Gasteiger charge is 2.47. The average Bonchev–Trinajstić information content (AvgIpc) is 2.81. The minimum atomic E-state index is -0.207. The molecular weight excluding hydrogens is 324 g/mol. The van der Waals surface area contributed by atoms with Gasteiger partial charge >= 0.3 is 0 Å². The van der Waals surface area contributed by atoms with E-state index in [1.165, 1.54) is 4.90 Å². The summed E-state index contributed by atoms with van der Waals surface area (Å²) >= 11 is 1.67. The van der Waals surface area contributed by atoms with E-state index in [4.69, 9.17) is 0 Å². The number of nitrogens with zero attached hydrogens (tertiary/aromatic N) is 1. The number of likely N-dealkylation sites (tertiary alicyclic amines) is 1. The number of carbonyl (C=O) groups excluding carboxylic acids is 3. The molecule has 0 saturated carbocycles. The summed E-state index contributed by atoms with van der Waals surface area (Å²) in [6.07, 6.45) is 6.12. The molecule has 0 bridgehead atoms. The van der Waals surface area contributed by atoms with Gasteiger partial charge in [0, 0.05) is 30.2 Å². The zero-order valence-corrected chi connectivity index (χ0v) is 16.5. The number of rotatable bonds is 10. The molecule has 5 nitrogen and oxygen atoms in total.